The fraction of sp³-hybridized carbons (Fsp3) is 0.250. The van der Waals surface area contributed by atoms with E-state index in [9.17, 15) is 8.42 Å². The summed E-state index contributed by atoms with van der Waals surface area (Å²) in [7, 11) is -1.83. The maximum atomic E-state index is 12.3. The Labute approximate surface area is 111 Å². The molecule has 0 aliphatic rings. The molecule has 96 valence electrons. The molecule has 0 fully saturated rings. The third-order valence-electron chi connectivity index (χ3n) is 2.50. The summed E-state index contributed by atoms with van der Waals surface area (Å²) in [6, 6.07) is 8.44. The van der Waals surface area contributed by atoms with Gasteiger partial charge in [-0.1, -0.05) is 18.2 Å². The van der Waals surface area contributed by atoms with Crippen LogP contribution < -0.4 is 0 Å². The average molecular weight is 282 g/mol. The molecule has 2 aromatic rings. The second-order valence-corrected chi connectivity index (χ2v) is 7.28. The van der Waals surface area contributed by atoms with Crippen LogP contribution in [-0.4, -0.2) is 24.8 Å². The molecule has 0 atom stereocenters. The average Bonchev–Trinajstić information content (AvgIpc) is 2.76. The van der Waals surface area contributed by atoms with E-state index in [1.165, 1.54) is 15.6 Å². The van der Waals surface area contributed by atoms with Crippen molar-refractivity contribution in [3.05, 3.63) is 46.4 Å². The summed E-state index contributed by atoms with van der Waals surface area (Å²) in [6.07, 6.45) is 1.72. The zero-order valence-corrected chi connectivity index (χ0v) is 11.8. The Balaban J connectivity index is 2.21. The smallest absolute Gasteiger partial charge is 0.243 e. The van der Waals surface area contributed by atoms with Crippen LogP contribution in [0.2, 0.25) is 0 Å². The van der Waals surface area contributed by atoms with Gasteiger partial charge in [0.1, 0.15) is 0 Å². The van der Waals surface area contributed by atoms with Gasteiger partial charge in [0.05, 0.1) is 9.90 Å². The minimum Gasteiger partial charge on any atom is -0.250 e. The molecule has 1 heterocycles. The SMILES string of the molecule is Cc1ncc(CN(C)S(=O)(=O)c2ccccc2)s1. The largest absolute Gasteiger partial charge is 0.250 e. The van der Waals surface area contributed by atoms with Crippen LogP contribution in [0.4, 0.5) is 0 Å². The number of sulfonamides is 1. The number of hydrogen-bond acceptors (Lipinski definition) is 4. The second kappa shape index (κ2) is 5.17. The zero-order chi connectivity index (χ0) is 13.2. The van der Waals surface area contributed by atoms with Gasteiger partial charge in [-0.25, -0.2) is 13.4 Å². The number of aromatic nitrogens is 1. The van der Waals surface area contributed by atoms with Crippen LogP contribution in [0.3, 0.4) is 0 Å². The molecule has 0 aliphatic heterocycles. The van der Waals surface area contributed by atoms with E-state index in [1.807, 2.05) is 6.92 Å². The van der Waals surface area contributed by atoms with Crippen molar-refractivity contribution >= 4 is 21.4 Å². The number of aryl methyl sites for hydroxylation is 1. The first-order chi connectivity index (χ1) is 8.50. The van der Waals surface area contributed by atoms with Crippen LogP contribution >= 0.6 is 11.3 Å². The Morgan fingerprint density at radius 1 is 1.28 bits per heavy atom. The predicted octanol–water partition coefficient (Wildman–Crippen LogP) is 2.27. The molecule has 4 nitrogen and oxygen atoms in total. The Bertz CT molecular complexity index is 621. The van der Waals surface area contributed by atoms with Crippen molar-refractivity contribution < 1.29 is 8.42 Å². The second-order valence-electron chi connectivity index (χ2n) is 3.92. The Kier molecular flexibility index (Phi) is 3.79. The normalized spacial score (nSPS) is 11.9. The van der Waals surface area contributed by atoms with Gasteiger partial charge in [-0.05, 0) is 19.1 Å². The number of nitrogens with zero attached hydrogens (tertiary/aromatic N) is 2. The summed E-state index contributed by atoms with van der Waals surface area (Å²) in [5, 5.41) is 0.940. The molecule has 0 unspecified atom stereocenters. The minimum absolute atomic E-state index is 0.314. The monoisotopic (exact) mass is 282 g/mol. The lowest BCUT2D eigenvalue weighted by Crippen LogP contribution is -2.26. The van der Waals surface area contributed by atoms with Gasteiger partial charge in [-0.3, -0.25) is 0 Å². The zero-order valence-electron chi connectivity index (χ0n) is 10.2. The van der Waals surface area contributed by atoms with Gasteiger partial charge in [0.2, 0.25) is 10.0 Å². The maximum Gasteiger partial charge on any atom is 0.243 e. The van der Waals surface area contributed by atoms with Gasteiger partial charge >= 0.3 is 0 Å². The highest BCUT2D eigenvalue weighted by atomic mass is 32.2. The van der Waals surface area contributed by atoms with Crippen molar-refractivity contribution in [3.8, 4) is 0 Å². The maximum absolute atomic E-state index is 12.3. The van der Waals surface area contributed by atoms with Crippen molar-refractivity contribution in [3.63, 3.8) is 0 Å². The van der Waals surface area contributed by atoms with Crippen LogP contribution in [0.15, 0.2) is 41.4 Å². The topological polar surface area (TPSA) is 50.3 Å². The quantitative estimate of drug-likeness (QED) is 0.864. The van der Waals surface area contributed by atoms with Crippen molar-refractivity contribution in [2.45, 2.75) is 18.4 Å². The van der Waals surface area contributed by atoms with E-state index < -0.39 is 10.0 Å². The third-order valence-corrected chi connectivity index (χ3v) is 5.21. The number of thiazole rings is 1. The molecule has 1 aromatic carbocycles. The van der Waals surface area contributed by atoms with E-state index in [4.69, 9.17) is 0 Å². The fourth-order valence-electron chi connectivity index (χ4n) is 1.56. The van der Waals surface area contributed by atoms with Crippen LogP contribution in [0, 0.1) is 6.92 Å². The summed E-state index contributed by atoms with van der Waals surface area (Å²) < 4.78 is 25.8. The minimum atomic E-state index is -3.42. The van der Waals surface area contributed by atoms with Crippen LogP contribution in [-0.2, 0) is 16.6 Å². The molecule has 0 radical (unpaired) electrons. The predicted molar refractivity (Wildman–Crippen MR) is 71.9 cm³/mol. The summed E-state index contributed by atoms with van der Waals surface area (Å²) in [4.78, 5) is 5.37. The lowest BCUT2D eigenvalue weighted by molar-refractivity contribution is 0.469. The van der Waals surface area contributed by atoms with Gasteiger partial charge in [-0.15, -0.1) is 11.3 Å². The fourth-order valence-corrected chi connectivity index (χ4v) is 3.66. The highest BCUT2D eigenvalue weighted by Gasteiger charge is 2.20. The molecular formula is C12H14N2O2S2. The van der Waals surface area contributed by atoms with Crippen LogP contribution in [0.25, 0.3) is 0 Å². The molecule has 0 bridgehead atoms. The molecule has 18 heavy (non-hydrogen) atoms. The third kappa shape index (κ3) is 2.77. The Morgan fingerprint density at radius 2 is 1.94 bits per heavy atom. The molecule has 0 spiro atoms. The highest BCUT2D eigenvalue weighted by molar-refractivity contribution is 7.89. The van der Waals surface area contributed by atoms with Gasteiger partial charge in [0.15, 0.2) is 0 Å². The molecule has 0 aliphatic carbocycles. The van der Waals surface area contributed by atoms with Gasteiger partial charge in [-0.2, -0.15) is 4.31 Å². The van der Waals surface area contributed by atoms with Gasteiger partial charge in [0, 0.05) is 24.7 Å². The summed E-state index contributed by atoms with van der Waals surface area (Å²) in [6.45, 7) is 2.25. The molecule has 0 N–H and O–H groups in total. The van der Waals surface area contributed by atoms with E-state index in [1.54, 1.807) is 43.6 Å². The van der Waals surface area contributed by atoms with E-state index in [2.05, 4.69) is 4.98 Å². The van der Waals surface area contributed by atoms with Crippen molar-refractivity contribution in [1.82, 2.24) is 9.29 Å². The number of hydrogen-bond donors (Lipinski definition) is 0. The lowest BCUT2D eigenvalue weighted by atomic mass is 10.4. The van der Waals surface area contributed by atoms with E-state index in [-0.39, 0.29) is 0 Å². The summed E-state index contributed by atoms with van der Waals surface area (Å²) in [5.41, 5.74) is 0. The summed E-state index contributed by atoms with van der Waals surface area (Å²) in [5.74, 6) is 0. The first-order valence-electron chi connectivity index (χ1n) is 5.43. The van der Waals surface area contributed by atoms with Gasteiger partial charge in [0.25, 0.3) is 0 Å². The van der Waals surface area contributed by atoms with Crippen LogP contribution in [0.1, 0.15) is 9.88 Å². The molecule has 0 saturated carbocycles. The first-order valence-corrected chi connectivity index (χ1v) is 7.68. The number of rotatable bonds is 4. The van der Waals surface area contributed by atoms with E-state index in [0.717, 1.165) is 9.88 Å². The van der Waals surface area contributed by atoms with Gasteiger partial charge < -0.3 is 0 Å². The Hall–Kier alpha value is -1.24. The van der Waals surface area contributed by atoms with Crippen molar-refractivity contribution in [2.24, 2.45) is 0 Å². The van der Waals surface area contributed by atoms with Crippen LogP contribution in [0.5, 0.6) is 0 Å². The Morgan fingerprint density at radius 3 is 2.50 bits per heavy atom. The molecule has 0 saturated heterocycles. The van der Waals surface area contributed by atoms with E-state index >= 15 is 0 Å². The molecular weight excluding hydrogens is 268 g/mol. The molecule has 1 aromatic heterocycles. The summed E-state index contributed by atoms with van der Waals surface area (Å²) >= 11 is 1.51. The lowest BCUT2D eigenvalue weighted by Gasteiger charge is -2.15. The molecule has 0 amide bonds. The molecule has 2 rings (SSSR count). The van der Waals surface area contributed by atoms with Crippen molar-refractivity contribution in [2.75, 3.05) is 7.05 Å². The first kappa shape index (κ1) is 13.2. The van der Waals surface area contributed by atoms with Crippen molar-refractivity contribution in [1.29, 1.82) is 0 Å². The highest BCUT2D eigenvalue weighted by Crippen LogP contribution is 2.19. The standard InChI is InChI=1S/C12H14N2O2S2/c1-10-13-8-11(17-10)9-14(2)18(15,16)12-6-4-3-5-7-12/h3-8H,9H2,1-2H3. The number of benzene rings is 1. The van der Waals surface area contributed by atoms with E-state index in [0.29, 0.717) is 11.4 Å². The molecule has 6 heteroatoms.